The number of aromatic nitrogens is 5. The number of aromatic amines is 1. The van der Waals surface area contributed by atoms with Gasteiger partial charge in [-0.15, -0.1) is 5.10 Å². The number of carboxylic acids is 1. The van der Waals surface area contributed by atoms with E-state index in [1.807, 2.05) is 0 Å². The zero-order valence-corrected chi connectivity index (χ0v) is 21.8. The van der Waals surface area contributed by atoms with Crippen LogP contribution in [-0.2, 0) is 20.0 Å². The van der Waals surface area contributed by atoms with Crippen molar-refractivity contribution in [2.24, 2.45) is 7.05 Å². The number of aromatic carboxylic acids is 1. The number of benzene rings is 2. The van der Waals surface area contributed by atoms with Crippen LogP contribution in [0.2, 0.25) is 0 Å². The second-order valence-corrected chi connectivity index (χ2v) is 9.78. The van der Waals surface area contributed by atoms with E-state index < -0.39 is 35.3 Å². The lowest BCUT2D eigenvalue weighted by Gasteiger charge is -2.16. The predicted molar refractivity (Wildman–Crippen MR) is 143 cm³/mol. The Morgan fingerprint density at radius 2 is 1.95 bits per heavy atom. The molecular weight excluding hydrogens is 534 g/mol. The number of rotatable bonds is 6. The highest BCUT2D eigenvalue weighted by atomic mass is 16.4. The largest absolute Gasteiger partial charge is 0.478 e. The van der Waals surface area contributed by atoms with Crippen molar-refractivity contribution < 1.29 is 23.9 Å². The number of nitrogens with one attached hydrogen (secondary N) is 3. The first kappa shape index (κ1) is 25.7. The Morgan fingerprint density at radius 3 is 2.73 bits per heavy atom. The van der Waals surface area contributed by atoms with Gasteiger partial charge >= 0.3 is 17.4 Å². The van der Waals surface area contributed by atoms with E-state index in [4.69, 9.17) is 4.42 Å². The summed E-state index contributed by atoms with van der Waals surface area (Å²) in [6, 6.07) is 9.04. The summed E-state index contributed by atoms with van der Waals surface area (Å²) in [6.45, 7) is 1.83. The Bertz CT molecular complexity index is 2030. The molecule has 0 saturated carbocycles. The van der Waals surface area contributed by atoms with Crippen LogP contribution >= 0.6 is 0 Å². The molecule has 208 valence electrons. The number of hydrogen-bond donors (Lipinski definition) is 4. The van der Waals surface area contributed by atoms with E-state index >= 15 is 0 Å². The molecule has 3 aromatic heterocycles. The highest BCUT2D eigenvalue weighted by Crippen LogP contribution is 2.35. The molecule has 0 saturated heterocycles. The summed E-state index contributed by atoms with van der Waals surface area (Å²) >= 11 is 0. The van der Waals surface area contributed by atoms with Crippen molar-refractivity contribution >= 4 is 34.7 Å². The molecule has 1 aliphatic rings. The van der Waals surface area contributed by atoms with Crippen molar-refractivity contribution in [2.75, 3.05) is 0 Å². The zero-order chi connectivity index (χ0) is 29.0. The quantitative estimate of drug-likeness (QED) is 0.237. The molecule has 4 N–H and O–H groups in total. The number of carbonyl (C=O) groups excluding carboxylic acids is 2. The minimum atomic E-state index is -1.02. The smallest absolute Gasteiger partial charge is 0.419 e. The first-order chi connectivity index (χ1) is 19.6. The standard InChI is InChI=1S/C27H23N7O7/c1-12-14-6-7-17(16(14)5-4-15(12)24(37)38)29-23(36)20-10-18(30-25-31-32-26(39)34(20)25)22(35)28-11-13-3-8-21-19(9-13)33(2)27(40)41-21/h3-5,8-10,17H,6-7,11H2,1-2H3,(H,28,35)(H,29,36)(H,32,39)(H,37,38)/t17-/m0/s1. The van der Waals surface area contributed by atoms with Gasteiger partial charge in [0.1, 0.15) is 11.4 Å². The Balaban J connectivity index is 1.26. The molecule has 5 aromatic rings. The third kappa shape index (κ3) is 4.34. The van der Waals surface area contributed by atoms with Crippen LogP contribution in [0.15, 0.2) is 50.4 Å². The van der Waals surface area contributed by atoms with Gasteiger partial charge in [-0.1, -0.05) is 12.1 Å². The lowest BCUT2D eigenvalue weighted by molar-refractivity contribution is 0.0695. The lowest BCUT2D eigenvalue weighted by Crippen LogP contribution is -2.32. The predicted octanol–water partition coefficient (Wildman–Crippen LogP) is 1.22. The molecule has 6 rings (SSSR count). The second-order valence-electron chi connectivity index (χ2n) is 9.78. The van der Waals surface area contributed by atoms with Crippen molar-refractivity contribution in [3.05, 3.63) is 96.6 Å². The first-order valence-corrected chi connectivity index (χ1v) is 12.6. The van der Waals surface area contributed by atoms with E-state index in [1.165, 1.54) is 16.7 Å². The minimum absolute atomic E-state index is 0.0897. The maximum Gasteiger partial charge on any atom is 0.419 e. The summed E-state index contributed by atoms with van der Waals surface area (Å²) in [5.41, 5.74) is 3.24. The van der Waals surface area contributed by atoms with Gasteiger partial charge in [0, 0.05) is 13.6 Å². The molecule has 0 spiro atoms. The molecule has 0 aliphatic heterocycles. The van der Waals surface area contributed by atoms with Crippen molar-refractivity contribution in [1.29, 1.82) is 0 Å². The molecule has 3 heterocycles. The highest BCUT2D eigenvalue weighted by molar-refractivity contribution is 5.98. The molecule has 14 nitrogen and oxygen atoms in total. The molecule has 2 amide bonds. The van der Waals surface area contributed by atoms with Crippen molar-refractivity contribution in [3.8, 4) is 0 Å². The van der Waals surface area contributed by atoms with Gasteiger partial charge in [-0.25, -0.2) is 28.9 Å². The molecular formula is C27H23N7O7. The van der Waals surface area contributed by atoms with E-state index in [2.05, 4.69) is 25.8 Å². The fraction of sp³-hybridized carbons (Fsp3) is 0.222. The first-order valence-electron chi connectivity index (χ1n) is 12.6. The van der Waals surface area contributed by atoms with Crippen LogP contribution in [0, 0.1) is 6.92 Å². The van der Waals surface area contributed by atoms with Crippen LogP contribution in [0.4, 0.5) is 0 Å². The van der Waals surface area contributed by atoms with Gasteiger partial charge in [0.25, 0.3) is 17.6 Å². The fourth-order valence-corrected chi connectivity index (χ4v) is 5.25. The Labute approximate surface area is 229 Å². The average Bonchev–Trinajstić information content (AvgIpc) is 3.62. The molecule has 14 heteroatoms. The van der Waals surface area contributed by atoms with Crippen molar-refractivity contribution in [1.82, 2.24) is 34.8 Å². The second kappa shape index (κ2) is 9.59. The molecule has 0 fully saturated rings. The number of carbonyl (C=O) groups is 3. The maximum atomic E-state index is 13.4. The average molecular weight is 558 g/mol. The van der Waals surface area contributed by atoms with Gasteiger partial charge in [0.15, 0.2) is 5.58 Å². The highest BCUT2D eigenvalue weighted by Gasteiger charge is 2.29. The normalized spacial score (nSPS) is 14.3. The third-order valence-electron chi connectivity index (χ3n) is 7.39. The van der Waals surface area contributed by atoms with Crippen molar-refractivity contribution in [3.63, 3.8) is 0 Å². The Kier molecular flexibility index (Phi) is 6.02. The van der Waals surface area contributed by atoms with Crippen LogP contribution in [-0.4, -0.2) is 47.0 Å². The van der Waals surface area contributed by atoms with E-state index in [1.54, 1.807) is 38.2 Å². The van der Waals surface area contributed by atoms with Crippen LogP contribution in [0.1, 0.15) is 66.1 Å². The number of nitrogens with zero attached hydrogens (tertiary/aromatic N) is 4. The van der Waals surface area contributed by atoms with Gasteiger partial charge in [0.2, 0.25) is 0 Å². The van der Waals surface area contributed by atoms with E-state index in [9.17, 15) is 29.1 Å². The monoisotopic (exact) mass is 557 g/mol. The van der Waals surface area contributed by atoms with Gasteiger partial charge in [-0.3, -0.25) is 14.2 Å². The number of fused-ring (bicyclic) bond motifs is 3. The molecule has 0 radical (unpaired) electrons. The summed E-state index contributed by atoms with van der Waals surface area (Å²) in [4.78, 5) is 66.4. The van der Waals surface area contributed by atoms with Gasteiger partial charge < -0.3 is 20.2 Å². The van der Waals surface area contributed by atoms with E-state index in [0.717, 1.165) is 15.5 Å². The van der Waals surface area contributed by atoms with Gasteiger partial charge in [-0.05, 0) is 66.3 Å². The summed E-state index contributed by atoms with van der Waals surface area (Å²) < 4.78 is 7.46. The van der Waals surface area contributed by atoms with Gasteiger partial charge in [0.05, 0.1) is 17.1 Å². The van der Waals surface area contributed by atoms with Crippen molar-refractivity contribution in [2.45, 2.75) is 32.4 Å². The summed E-state index contributed by atoms with van der Waals surface area (Å²) in [5.74, 6) is -2.91. The lowest BCUT2D eigenvalue weighted by atomic mass is 9.98. The summed E-state index contributed by atoms with van der Waals surface area (Å²) in [5, 5.41) is 21.1. The SMILES string of the molecule is Cc1c(C(=O)O)ccc2c1CC[C@@H]2NC(=O)c1cc(C(=O)NCc2ccc3oc(=O)n(C)c3c2)nc2n[nH]c(=O)n12. The zero-order valence-electron chi connectivity index (χ0n) is 21.8. The summed E-state index contributed by atoms with van der Waals surface area (Å²) in [7, 11) is 1.58. The number of aryl methyl sites for hydroxylation is 1. The maximum absolute atomic E-state index is 13.4. The number of amides is 2. The number of H-pyrrole nitrogens is 1. The van der Waals surface area contributed by atoms with Crippen LogP contribution in [0.3, 0.4) is 0 Å². The summed E-state index contributed by atoms with van der Waals surface area (Å²) in [6.07, 6.45) is 1.12. The molecule has 1 atom stereocenters. The Morgan fingerprint density at radius 1 is 1.15 bits per heavy atom. The van der Waals surface area contributed by atoms with E-state index in [-0.39, 0.29) is 29.3 Å². The molecule has 41 heavy (non-hydrogen) atoms. The fourth-order valence-electron chi connectivity index (χ4n) is 5.25. The van der Waals surface area contributed by atoms with E-state index in [0.29, 0.717) is 35.1 Å². The van der Waals surface area contributed by atoms with Crippen LogP contribution in [0.25, 0.3) is 16.9 Å². The topological polar surface area (TPSA) is 194 Å². The van der Waals surface area contributed by atoms with Crippen LogP contribution in [0.5, 0.6) is 0 Å². The number of oxazole rings is 1. The Hall–Kier alpha value is -5.53. The van der Waals surface area contributed by atoms with Gasteiger partial charge in [-0.2, -0.15) is 0 Å². The molecule has 2 aromatic carbocycles. The molecule has 1 aliphatic carbocycles. The van der Waals surface area contributed by atoms with Crippen LogP contribution < -0.4 is 22.1 Å². The minimum Gasteiger partial charge on any atom is -0.478 e. The number of hydrogen-bond acceptors (Lipinski definition) is 8. The molecule has 0 unspecified atom stereocenters. The molecule has 0 bridgehead atoms. The number of carboxylic acid groups (broad SMARTS) is 1. The third-order valence-corrected chi connectivity index (χ3v) is 7.39.